The standard InChI is InChI=1S/C41H47FN6O4S/c1-24(2)18-28-23-52-36-20-33(37-25(3)8-6-9-26(37)4)43-40(45-36)46-53(50,51)30-11-7-10-27(19-30)39(49)48(28)34-14-12-31(34)38-32(42)13-15-35(44-38)47(5)29-21-41(22-29)16-17-41/h6-11,13,15,19-20,24,28-29,31,34H,12,14,16-18,21-23H2,1-5H3,(H,43,45,46)/t28-,31?,34?/m1/s1. The van der Waals surface area contributed by atoms with Crippen LogP contribution in [0.4, 0.5) is 16.2 Å². The van der Waals surface area contributed by atoms with E-state index >= 15 is 4.39 Å². The first-order chi connectivity index (χ1) is 25.3. The monoisotopic (exact) mass is 738 g/mol. The van der Waals surface area contributed by atoms with Gasteiger partial charge in [0.2, 0.25) is 11.8 Å². The number of benzene rings is 2. The van der Waals surface area contributed by atoms with Gasteiger partial charge < -0.3 is 14.5 Å². The van der Waals surface area contributed by atoms with E-state index in [0.29, 0.717) is 42.1 Å². The number of sulfonamides is 1. The smallest absolute Gasteiger partial charge is 0.264 e. The van der Waals surface area contributed by atoms with Gasteiger partial charge in [-0.2, -0.15) is 4.98 Å². The maximum absolute atomic E-state index is 15.8. The number of anilines is 2. The van der Waals surface area contributed by atoms with Crippen LogP contribution in [-0.4, -0.2) is 66.0 Å². The third-order valence-corrected chi connectivity index (χ3v) is 13.2. The summed E-state index contributed by atoms with van der Waals surface area (Å²) in [6.07, 6.45) is 6.79. The Labute approximate surface area is 311 Å². The van der Waals surface area contributed by atoms with Crippen molar-refractivity contribution in [3.8, 4) is 17.1 Å². The third kappa shape index (κ3) is 6.75. The number of aryl methyl sites for hydroxylation is 2. The van der Waals surface area contributed by atoms with Gasteiger partial charge in [0.1, 0.15) is 18.2 Å². The maximum atomic E-state index is 15.8. The molecule has 4 bridgehead atoms. The number of rotatable bonds is 7. The second-order valence-corrected chi connectivity index (χ2v) is 17.8. The Morgan fingerprint density at radius 3 is 2.42 bits per heavy atom. The lowest BCUT2D eigenvalue weighted by Gasteiger charge is -2.48. The van der Waals surface area contributed by atoms with Crippen LogP contribution in [0.2, 0.25) is 0 Å². The van der Waals surface area contributed by atoms with Gasteiger partial charge in [-0.15, -0.1) is 0 Å². The molecule has 1 aliphatic heterocycles. The van der Waals surface area contributed by atoms with E-state index < -0.39 is 16.1 Å². The molecule has 1 spiro atoms. The van der Waals surface area contributed by atoms with Crippen molar-refractivity contribution in [1.29, 1.82) is 0 Å². The van der Waals surface area contributed by atoms with Crippen molar-refractivity contribution in [3.63, 3.8) is 0 Å². The molecule has 0 saturated heterocycles. The molecule has 1 N–H and O–H groups in total. The van der Waals surface area contributed by atoms with E-state index in [1.165, 1.54) is 31.0 Å². The van der Waals surface area contributed by atoms with E-state index in [-0.39, 0.29) is 58.5 Å². The highest BCUT2D eigenvalue weighted by atomic mass is 32.2. The lowest BCUT2D eigenvalue weighted by atomic mass is 9.74. The number of nitrogens with zero attached hydrogens (tertiary/aromatic N) is 5. The molecule has 278 valence electrons. The highest BCUT2D eigenvalue weighted by molar-refractivity contribution is 7.92. The second-order valence-electron chi connectivity index (χ2n) is 16.1. The first-order valence-electron chi connectivity index (χ1n) is 18.7. The zero-order chi connectivity index (χ0) is 37.2. The lowest BCUT2D eigenvalue weighted by molar-refractivity contribution is 0.0205. The fourth-order valence-corrected chi connectivity index (χ4v) is 9.60. The van der Waals surface area contributed by atoms with E-state index in [0.717, 1.165) is 35.3 Å². The van der Waals surface area contributed by atoms with Crippen LogP contribution in [0, 0.1) is 31.0 Å². The molecule has 2 unspecified atom stereocenters. The van der Waals surface area contributed by atoms with E-state index in [2.05, 4.69) is 33.4 Å². The van der Waals surface area contributed by atoms with Gasteiger partial charge >= 0.3 is 0 Å². The predicted octanol–water partition coefficient (Wildman–Crippen LogP) is 7.67. The normalized spacial score (nSPS) is 23.1. The van der Waals surface area contributed by atoms with Crippen molar-refractivity contribution < 1.29 is 22.3 Å². The number of halogens is 1. The largest absolute Gasteiger partial charge is 0.475 e. The Kier molecular flexibility index (Phi) is 8.94. The van der Waals surface area contributed by atoms with Crippen LogP contribution < -0.4 is 14.4 Å². The number of hydrogen-bond donors (Lipinski definition) is 1. The number of nitrogens with one attached hydrogen (secondary N) is 1. The van der Waals surface area contributed by atoms with Crippen molar-refractivity contribution >= 4 is 27.7 Å². The van der Waals surface area contributed by atoms with Gasteiger partial charge in [0.25, 0.3) is 15.9 Å². The van der Waals surface area contributed by atoms with Crippen LogP contribution in [0.3, 0.4) is 0 Å². The van der Waals surface area contributed by atoms with Crippen molar-refractivity contribution in [3.05, 3.63) is 88.9 Å². The number of aromatic nitrogens is 3. The molecule has 3 fully saturated rings. The first kappa shape index (κ1) is 35.4. The Hall–Kier alpha value is -4.58. The van der Waals surface area contributed by atoms with Crippen molar-refractivity contribution in [2.24, 2.45) is 11.3 Å². The molecule has 0 radical (unpaired) electrons. The Morgan fingerprint density at radius 2 is 1.74 bits per heavy atom. The second kappa shape index (κ2) is 13.4. The quantitative estimate of drug-likeness (QED) is 0.205. The molecule has 3 aliphatic carbocycles. The summed E-state index contributed by atoms with van der Waals surface area (Å²) in [6.45, 7) is 8.22. The molecule has 8 rings (SSSR count). The van der Waals surface area contributed by atoms with E-state index in [1.807, 2.05) is 44.0 Å². The summed E-state index contributed by atoms with van der Waals surface area (Å²) in [5.74, 6) is -0.0908. The minimum Gasteiger partial charge on any atom is -0.475 e. The van der Waals surface area contributed by atoms with Crippen molar-refractivity contribution in [1.82, 2.24) is 19.9 Å². The maximum Gasteiger partial charge on any atom is 0.264 e. The molecule has 1 amide bonds. The van der Waals surface area contributed by atoms with E-state index in [1.54, 1.807) is 24.3 Å². The summed E-state index contributed by atoms with van der Waals surface area (Å²) in [4.78, 5) is 32.8. The molecular formula is C41H47FN6O4S. The summed E-state index contributed by atoms with van der Waals surface area (Å²) in [6, 6.07) is 16.5. The molecule has 3 atom stereocenters. The summed E-state index contributed by atoms with van der Waals surface area (Å²) in [5.41, 5.74) is 4.41. The number of carbonyl (C=O) groups is 1. The first-order valence-corrected chi connectivity index (χ1v) is 20.2. The fourth-order valence-electron chi connectivity index (χ4n) is 8.61. The molecule has 4 aromatic rings. The number of hydrogen-bond acceptors (Lipinski definition) is 8. The van der Waals surface area contributed by atoms with Crippen LogP contribution in [0.15, 0.2) is 65.6 Å². The number of pyridine rings is 1. The van der Waals surface area contributed by atoms with Gasteiger partial charge in [-0.05, 0) is 112 Å². The molecule has 3 saturated carbocycles. The molecule has 3 heterocycles. The molecular weight excluding hydrogens is 692 g/mol. The predicted molar refractivity (Wildman–Crippen MR) is 202 cm³/mol. The van der Waals surface area contributed by atoms with Gasteiger partial charge in [-0.25, -0.2) is 27.5 Å². The third-order valence-electron chi connectivity index (χ3n) is 11.9. The van der Waals surface area contributed by atoms with Gasteiger partial charge in [0.05, 0.1) is 22.3 Å². The highest BCUT2D eigenvalue weighted by Gasteiger charge is 2.54. The van der Waals surface area contributed by atoms with Gasteiger partial charge in [-0.3, -0.25) is 4.79 Å². The van der Waals surface area contributed by atoms with Crippen LogP contribution in [0.1, 0.15) is 91.9 Å². The highest BCUT2D eigenvalue weighted by Crippen LogP contribution is 2.62. The Bertz CT molecular complexity index is 2160. The van der Waals surface area contributed by atoms with Crippen LogP contribution in [0.5, 0.6) is 5.88 Å². The van der Waals surface area contributed by atoms with Gasteiger partial charge in [0, 0.05) is 42.2 Å². The number of fused-ring (bicyclic) bond motifs is 4. The zero-order valence-electron chi connectivity index (χ0n) is 31.0. The fraction of sp³-hybridized carbons (Fsp3) is 0.463. The average Bonchev–Trinajstić information content (AvgIpc) is 3.89. The minimum atomic E-state index is -4.21. The summed E-state index contributed by atoms with van der Waals surface area (Å²) < 4.78 is 52.4. The van der Waals surface area contributed by atoms with Gasteiger partial charge in [-0.1, -0.05) is 38.1 Å². The Balaban J connectivity index is 1.19. The topological polar surface area (TPSA) is 118 Å². The molecule has 4 aliphatic rings. The lowest BCUT2D eigenvalue weighted by Crippen LogP contribution is -2.56. The van der Waals surface area contributed by atoms with Crippen LogP contribution in [-0.2, 0) is 10.0 Å². The minimum absolute atomic E-state index is 0.0876. The average molecular weight is 739 g/mol. The Morgan fingerprint density at radius 1 is 1.00 bits per heavy atom. The molecule has 12 heteroatoms. The van der Waals surface area contributed by atoms with Gasteiger partial charge in [0.15, 0.2) is 0 Å². The molecule has 10 nitrogen and oxygen atoms in total. The van der Waals surface area contributed by atoms with Crippen LogP contribution >= 0.6 is 0 Å². The van der Waals surface area contributed by atoms with E-state index in [9.17, 15) is 13.2 Å². The van der Waals surface area contributed by atoms with Crippen molar-refractivity contribution in [2.45, 2.75) is 102 Å². The van der Waals surface area contributed by atoms with Crippen molar-refractivity contribution in [2.75, 3.05) is 23.3 Å². The number of ether oxygens (including phenoxy) is 1. The zero-order valence-corrected chi connectivity index (χ0v) is 31.8. The number of carbonyl (C=O) groups excluding carboxylic acids is 1. The molecule has 2 aromatic carbocycles. The summed E-state index contributed by atoms with van der Waals surface area (Å²) in [5, 5.41) is 0. The summed E-state index contributed by atoms with van der Waals surface area (Å²) in [7, 11) is -2.17. The van der Waals surface area contributed by atoms with E-state index in [4.69, 9.17) is 9.72 Å². The number of amides is 1. The SMILES string of the molecule is Cc1cccc(C)c1-c1cc2nc(n1)NS(=O)(=O)c1cccc(c1)C(=O)N(C1CCC1c1nc(N(C)C3CC4(CC4)C3)ccc1F)[C@H](CC(C)C)CO2. The van der Waals surface area contributed by atoms with Crippen LogP contribution in [0.25, 0.3) is 11.3 Å². The molecule has 53 heavy (non-hydrogen) atoms. The summed E-state index contributed by atoms with van der Waals surface area (Å²) >= 11 is 0. The molecule has 2 aromatic heterocycles.